The molecule has 1 atom stereocenters. The summed E-state index contributed by atoms with van der Waals surface area (Å²) in [7, 11) is -4.58. The molecule has 0 saturated heterocycles. The summed E-state index contributed by atoms with van der Waals surface area (Å²) in [5.74, 6) is -0.515. The highest BCUT2D eigenvalue weighted by atomic mass is 31.2. The standard InChI is InChI=1S/C6H11O5P/c1-4(2)6(7)5(3)11-12(8,9)10/h5H,1H2,2-3H3,(H2,8,9,10). The fourth-order valence-corrected chi connectivity index (χ4v) is 1.11. The van der Waals surface area contributed by atoms with E-state index >= 15 is 0 Å². The number of phosphoric acid groups is 1. The molecule has 0 amide bonds. The Morgan fingerprint density at radius 3 is 2.25 bits per heavy atom. The van der Waals surface area contributed by atoms with Crippen LogP contribution in [0.15, 0.2) is 12.2 Å². The van der Waals surface area contributed by atoms with Gasteiger partial charge in [-0.3, -0.25) is 9.32 Å². The minimum Gasteiger partial charge on any atom is -0.303 e. The second kappa shape index (κ2) is 3.96. The van der Waals surface area contributed by atoms with Crippen LogP contribution in [0.3, 0.4) is 0 Å². The summed E-state index contributed by atoms with van der Waals surface area (Å²) in [6, 6.07) is 0. The molecule has 12 heavy (non-hydrogen) atoms. The lowest BCUT2D eigenvalue weighted by Gasteiger charge is -2.11. The van der Waals surface area contributed by atoms with Crippen LogP contribution in [0.5, 0.6) is 0 Å². The first-order valence-corrected chi connectivity index (χ1v) is 4.70. The van der Waals surface area contributed by atoms with E-state index in [9.17, 15) is 9.36 Å². The first-order chi connectivity index (χ1) is 5.24. The van der Waals surface area contributed by atoms with Gasteiger partial charge in [0.05, 0.1) is 0 Å². The number of phosphoric ester groups is 1. The van der Waals surface area contributed by atoms with Crippen LogP contribution in [0, 0.1) is 0 Å². The van der Waals surface area contributed by atoms with Crippen LogP contribution in [-0.4, -0.2) is 21.7 Å². The van der Waals surface area contributed by atoms with Gasteiger partial charge in [0, 0.05) is 0 Å². The van der Waals surface area contributed by atoms with Gasteiger partial charge in [0.15, 0.2) is 5.78 Å². The van der Waals surface area contributed by atoms with Crippen LogP contribution in [0.25, 0.3) is 0 Å². The maximum Gasteiger partial charge on any atom is 0.470 e. The van der Waals surface area contributed by atoms with Crippen LogP contribution < -0.4 is 0 Å². The lowest BCUT2D eigenvalue weighted by molar-refractivity contribution is -0.122. The molecule has 2 N–H and O–H groups in total. The Bertz CT molecular complexity index is 240. The fraction of sp³-hybridized carbons (Fsp3) is 0.500. The SMILES string of the molecule is C=C(C)C(=O)C(C)OP(=O)(O)O. The maximum atomic E-state index is 11.0. The van der Waals surface area contributed by atoms with Gasteiger partial charge < -0.3 is 9.79 Å². The van der Waals surface area contributed by atoms with Crippen LogP contribution in [0.4, 0.5) is 0 Å². The maximum absolute atomic E-state index is 11.0. The quantitative estimate of drug-likeness (QED) is 0.506. The van der Waals surface area contributed by atoms with E-state index in [-0.39, 0.29) is 5.57 Å². The van der Waals surface area contributed by atoms with Crippen LogP contribution in [0.2, 0.25) is 0 Å². The average Bonchev–Trinajstić information content (AvgIpc) is 1.82. The van der Waals surface area contributed by atoms with Crippen molar-refractivity contribution in [2.24, 2.45) is 0 Å². The Labute approximate surface area is 70.3 Å². The van der Waals surface area contributed by atoms with Gasteiger partial charge in [0.2, 0.25) is 0 Å². The summed E-state index contributed by atoms with van der Waals surface area (Å²) in [5.41, 5.74) is 0.205. The lowest BCUT2D eigenvalue weighted by atomic mass is 10.1. The van der Waals surface area contributed by atoms with Gasteiger partial charge in [0.1, 0.15) is 6.10 Å². The molecule has 0 aromatic rings. The lowest BCUT2D eigenvalue weighted by Crippen LogP contribution is -2.19. The minimum absolute atomic E-state index is 0.205. The Morgan fingerprint density at radius 1 is 1.58 bits per heavy atom. The van der Waals surface area contributed by atoms with Crippen LogP contribution in [0.1, 0.15) is 13.8 Å². The van der Waals surface area contributed by atoms with Crippen molar-refractivity contribution in [2.75, 3.05) is 0 Å². The zero-order valence-corrected chi connectivity index (χ0v) is 7.75. The summed E-state index contributed by atoms with van der Waals surface area (Å²) in [5, 5.41) is 0. The van der Waals surface area contributed by atoms with Crippen molar-refractivity contribution >= 4 is 13.6 Å². The zero-order valence-electron chi connectivity index (χ0n) is 6.85. The highest BCUT2D eigenvalue weighted by molar-refractivity contribution is 7.46. The van der Waals surface area contributed by atoms with Crippen molar-refractivity contribution in [1.29, 1.82) is 0 Å². The molecule has 0 spiro atoms. The first kappa shape index (κ1) is 11.5. The van der Waals surface area contributed by atoms with Crippen molar-refractivity contribution in [3.05, 3.63) is 12.2 Å². The summed E-state index contributed by atoms with van der Waals surface area (Å²) in [4.78, 5) is 27.6. The number of ketones is 1. The third-order valence-electron chi connectivity index (χ3n) is 1.09. The second-order valence-corrected chi connectivity index (χ2v) is 3.57. The number of Topliss-reactive ketones (excluding diaryl/α,β-unsaturated/α-hetero) is 1. The number of hydrogen-bond donors (Lipinski definition) is 2. The Balaban J connectivity index is 4.24. The summed E-state index contributed by atoms with van der Waals surface area (Å²) in [6.07, 6.45) is -1.15. The molecular weight excluding hydrogens is 183 g/mol. The molecule has 0 saturated carbocycles. The van der Waals surface area contributed by atoms with Gasteiger partial charge in [-0.15, -0.1) is 0 Å². The van der Waals surface area contributed by atoms with Crippen molar-refractivity contribution in [3.63, 3.8) is 0 Å². The van der Waals surface area contributed by atoms with E-state index in [1.165, 1.54) is 13.8 Å². The molecule has 0 radical (unpaired) electrons. The van der Waals surface area contributed by atoms with Crippen molar-refractivity contribution in [1.82, 2.24) is 0 Å². The fourth-order valence-electron chi connectivity index (χ4n) is 0.601. The molecule has 0 aliphatic carbocycles. The molecule has 0 bridgehead atoms. The number of carbonyl (C=O) groups is 1. The van der Waals surface area contributed by atoms with Gasteiger partial charge in [0.25, 0.3) is 0 Å². The Morgan fingerprint density at radius 2 is 2.00 bits per heavy atom. The topological polar surface area (TPSA) is 83.8 Å². The summed E-state index contributed by atoms with van der Waals surface area (Å²) in [6.45, 7) is 6.03. The molecule has 0 aromatic carbocycles. The Kier molecular flexibility index (Phi) is 3.80. The van der Waals surface area contributed by atoms with E-state index in [1.54, 1.807) is 0 Å². The van der Waals surface area contributed by atoms with E-state index < -0.39 is 19.7 Å². The zero-order chi connectivity index (χ0) is 9.94. The van der Waals surface area contributed by atoms with Gasteiger partial charge in [-0.1, -0.05) is 6.58 Å². The molecular formula is C6H11O5P. The minimum atomic E-state index is -4.58. The molecule has 0 aliphatic heterocycles. The van der Waals surface area contributed by atoms with Gasteiger partial charge >= 0.3 is 7.82 Å². The molecule has 0 fully saturated rings. The van der Waals surface area contributed by atoms with E-state index in [2.05, 4.69) is 11.1 Å². The monoisotopic (exact) mass is 194 g/mol. The van der Waals surface area contributed by atoms with Gasteiger partial charge in [-0.25, -0.2) is 4.57 Å². The largest absolute Gasteiger partial charge is 0.470 e. The third kappa shape index (κ3) is 4.41. The molecule has 0 heterocycles. The van der Waals surface area contributed by atoms with Gasteiger partial charge in [-0.2, -0.15) is 0 Å². The molecule has 0 rings (SSSR count). The van der Waals surface area contributed by atoms with Crippen LogP contribution >= 0.6 is 7.82 Å². The van der Waals surface area contributed by atoms with Crippen molar-refractivity contribution < 1.29 is 23.7 Å². The third-order valence-corrected chi connectivity index (χ3v) is 1.68. The smallest absolute Gasteiger partial charge is 0.303 e. The molecule has 6 heteroatoms. The molecule has 0 aromatic heterocycles. The molecule has 0 aliphatic rings. The molecule has 5 nitrogen and oxygen atoms in total. The number of carbonyl (C=O) groups excluding carboxylic acids is 1. The van der Waals surface area contributed by atoms with Crippen LogP contribution in [-0.2, 0) is 13.9 Å². The van der Waals surface area contributed by atoms with E-state index in [0.29, 0.717) is 0 Å². The highest BCUT2D eigenvalue weighted by Gasteiger charge is 2.24. The highest BCUT2D eigenvalue weighted by Crippen LogP contribution is 2.37. The number of hydrogen-bond acceptors (Lipinski definition) is 3. The summed E-state index contributed by atoms with van der Waals surface area (Å²) >= 11 is 0. The second-order valence-electron chi connectivity index (χ2n) is 2.38. The summed E-state index contributed by atoms with van der Waals surface area (Å²) < 4.78 is 14.4. The van der Waals surface area contributed by atoms with E-state index in [1.807, 2.05) is 0 Å². The molecule has 70 valence electrons. The normalized spacial score (nSPS) is 14.0. The van der Waals surface area contributed by atoms with E-state index in [0.717, 1.165) is 0 Å². The predicted octanol–water partition coefficient (Wildman–Crippen LogP) is 0.629. The van der Waals surface area contributed by atoms with Gasteiger partial charge in [-0.05, 0) is 19.4 Å². The molecule has 1 unspecified atom stereocenters. The van der Waals surface area contributed by atoms with E-state index in [4.69, 9.17) is 9.79 Å². The Hall–Kier alpha value is -0.480. The number of rotatable bonds is 4. The average molecular weight is 194 g/mol. The predicted molar refractivity (Wildman–Crippen MR) is 42.4 cm³/mol. The first-order valence-electron chi connectivity index (χ1n) is 3.17. The van der Waals surface area contributed by atoms with Crippen molar-refractivity contribution in [3.8, 4) is 0 Å². The van der Waals surface area contributed by atoms with Crippen molar-refractivity contribution in [2.45, 2.75) is 20.0 Å².